The van der Waals surface area contributed by atoms with E-state index in [0.29, 0.717) is 11.1 Å². The number of ether oxygens (including phenoxy) is 1. The number of amides is 1. The first-order valence-electron chi connectivity index (χ1n) is 5.57. The number of carboxylic acid groups (broad SMARTS) is 1. The maximum absolute atomic E-state index is 11.3. The smallest absolute Gasteiger partial charge is 0.326 e. The van der Waals surface area contributed by atoms with Crippen LogP contribution < -0.4 is 5.32 Å². The van der Waals surface area contributed by atoms with E-state index < -0.39 is 17.9 Å². The molecule has 0 bridgehead atoms. The largest absolute Gasteiger partial charge is 0.480 e. The van der Waals surface area contributed by atoms with Crippen molar-refractivity contribution in [1.82, 2.24) is 5.32 Å². The molecule has 6 heteroatoms. The van der Waals surface area contributed by atoms with Crippen LogP contribution in [0.4, 0.5) is 0 Å². The van der Waals surface area contributed by atoms with Crippen LogP contribution in [0, 0.1) is 11.3 Å². The van der Waals surface area contributed by atoms with Gasteiger partial charge in [-0.1, -0.05) is 12.1 Å². The van der Waals surface area contributed by atoms with Gasteiger partial charge in [-0.2, -0.15) is 5.26 Å². The molecular weight excluding hydrogens is 248 g/mol. The predicted molar refractivity (Wildman–Crippen MR) is 66.3 cm³/mol. The summed E-state index contributed by atoms with van der Waals surface area (Å²) in [7, 11) is 1.35. The Morgan fingerprint density at radius 1 is 1.53 bits per heavy atom. The van der Waals surface area contributed by atoms with Gasteiger partial charge in [-0.05, 0) is 17.7 Å². The van der Waals surface area contributed by atoms with E-state index in [2.05, 4.69) is 10.1 Å². The summed E-state index contributed by atoms with van der Waals surface area (Å²) in [6.45, 7) is -0.192. The van der Waals surface area contributed by atoms with E-state index in [0.717, 1.165) is 0 Å². The average molecular weight is 262 g/mol. The van der Waals surface area contributed by atoms with E-state index >= 15 is 0 Å². The van der Waals surface area contributed by atoms with Gasteiger partial charge in [-0.15, -0.1) is 0 Å². The van der Waals surface area contributed by atoms with Crippen LogP contribution >= 0.6 is 0 Å². The summed E-state index contributed by atoms with van der Waals surface area (Å²) in [5.74, 6) is -1.63. The Morgan fingerprint density at radius 3 is 2.84 bits per heavy atom. The Hall–Kier alpha value is -2.39. The fourth-order valence-corrected chi connectivity index (χ4v) is 1.57. The first kappa shape index (κ1) is 14.7. The zero-order valence-electron chi connectivity index (χ0n) is 10.4. The summed E-state index contributed by atoms with van der Waals surface area (Å²) in [5, 5.41) is 20.2. The molecule has 1 rings (SSSR count). The van der Waals surface area contributed by atoms with Gasteiger partial charge in [0.05, 0.1) is 11.6 Å². The predicted octanol–water partition coefficient (Wildman–Crippen LogP) is 0.317. The van der Waals surface area contributed by atoms with Crippen LogP contribution in [0.15, 0.2) is 24.3 Å². The summed E-state index contributed by atoms with van der Waals surface area (Å²) in [5.41, 5.74) is 1.12. The van der Waals surface area contributed by atoms with Gasteiger partial charge in [0.2, 0.25) is 5.91 Å². The number of carbonyl (C=O) groups is 2. The van der Waals surface area contributed by atoms with Crippen LogP contribution in [-0.4, -0.2) is 36.7 Å². The maximum atomic E-state index is 11.3. The van der Waals surface area contributed by atoms with Crippen LogP contribution in [0.5, 0.6) is 0 Å². The van der Waals surface area contributed by atoms with Crippen LogP contribution in [-0.2, 0) is 20.7 Å². The molecule has 0 radical (unpaired) electrons. The molecular formula is C13H14N2O4. The Labute approximate surface area is 110 Å². The monoisotopic (exact) mass is 262 g/mol. The number of hydrogen-bond donors (Lipinski definition) is 2. The number of carbonyl (C=O) groups excluding carboxylic acids is 1. The van der Waals surface area contributed by atoms with Gasteiger partial charge in [-0.25, -0.2) is 4.79 Å². The molecule has 0 heterocycles. The van der Waals surface area contributed by atoms with Crippen molar-refractivity contribution in [2.24, 2.45) is 0 Å². The first-order chi connectivity index (χ1) is 9.06. The van der Waals surface area contributed by atoms with Crippen LogP contribution in [0.25, 0.3) is 0 Å². The van der Waals surface area contributed by atoms with E-state index in [4.69, 9.17) is 10.4 Å². The summed E-state index contributed by atoms with van der Waals surface area (Å²) < 4.78 is 4.62. The number of nitrogens with zero attached hydrogens (tertiary/aromatic N) is 1. The lowest BCUT2D eigenvalue weighted by Gasteiger charge is -2.14. The quantitative estimate of drug-likeness (QED) is 0.769. The zero-order chi connectivity index (χ0) is 14.3. The van der Waals surface area contributed by atoms with Gasteiger partial charge in [0, 0.05) is 13.5 Å². The van der Waals surface area contributed by atoms with E-state index in [-0.39, 0.29) is 13.0 Å². The number of methoxy groups -OCH3 is 1. The number of hydrogen-bond acceptors (Lipinski definition) is 4. The maximum Gasteiger partial charge on any atom is 0.326 e. The van der Waals surface area contributed by atoms with Crippen molar-refractivity contribution in [2.45, 2.75) is 12.5 Å². The number of benzene rings is 1. The second kappa shape index (κ2) is 7.13. The molecule has 0 saturated heterocycles. The van der Waals surface area contributed by atoms with Crippen molar-refractivity contribution in [3.63, 3.8) is 0 Å². The molecule has 0 fully saturated rings. The van der Waals surface area contributed by atoms with Crippen LogP contribution in [0.3, 0.4) is 0 Å². The summed E-state index contributed by atoms with van der Waals surface area (Å²) in [4.78, 5) is 22.4. The SMILES string of the molecule is COCC(=O)N[C@H](Cc1cccc(C#N)c1)C(=O)O. The minimum Gasteiger partial charge on any atom is -0.480 e. The van der Waals surface area contributed by atoms with Gasteiger partial charge in [0.15, 0.2) is 0 Å². The van der Waals surface area contributed by atoms with Gasteiger partial charge in [0.1, 0.15) is 12.6 Å². The molecule has 19 heavy (non-hydrogen) atoms. The third-order valence-corrected chi connectivity index (χ3v) is 2.40. The highest BCUT2D eigenvalue weighted by molar-refractivity contribution is 5.84. The molecule has 6 nitrogen and oxygen atoms in total. The Bertz CT molecular complexity index is 508. The van der Waals surface area contributed by atoms with Gasteiger partial charge in [0.25, 0.3) is 0 Å². The minimum absolute atomic E-state index is 0.111. The fraction of sp³-hybridized carbons (Fsp3) is 0.308. The molecule has 0 saturated carbocycles. The van der Waals surface area contributed by atoms with Crippen molar-refractivity contribution in [2.75, 3.05) is 13.7 Å². The standard InChI is InChI=1S/C13H14N2O4/c1-19-8-12(16)15-11(13(17)18)6-9-3-2-4-10(5-9)7-14/h2-5,11H,6,8H2,1H3,(H,15,16)(H,17,18)/t11-/m1/s1. The van der Waals surface area contributed by atoms with Crippen molar-refractivity contribution in [3.05, 3.63) is 35.4 Å². The lowest BCUT2D eigenvalue weighted by atomic mass is 10.0. The van der Waals surface area contributed by atoms with Gasteiger partial charge < -0.3 is 15.2 Å². The van der Waals surface area contributed by atoms with E-state index in [1.54, 1.807) is 24.3 Å². The topological polar surface area (TPSA) is 99.4 Å². The molecule has 1 atom stereocenters. The fourth-order valence-electron chi connectivity index (χ4n) is 1.57. The number of nitriles is 1. The van der Waals surface area contributed by atoms with E-state index in [9.17, 15) is 9.59 Å². The Morgan fingerprint density at radius 2 is 2.26 bits per heavy atom. The summed E-state index contributed by atoms with van der Waals surface area (Å²) in [6, 6.07) is 7.53. The molecule has 1 amide bonds. The zero-order valence-corrected chi connectivity index (χ0v) is 10.4. The molecule has 100 valence electrons. The molecule has 0 unspecified atom stereocenters. The van der Waals surface area contributed by atoms with Gasteiger partial charge >= 0.3 is 5.97 Å². The molecule has 0 aliphatic heterocycles. The second-order valence-corrected chi connectivity index (χ2v) is 3.91. The number of rotatable bonds is 6. The lowest BCUT2D eigenvalue weighted by Crippen LogP contribution is -2.43. The third kappa shape index (κ3) is 4.77. The number of carboxylic acids is 1. The van der Waals surface area contributed by atoms with E-state index in [1.807, 2.05) is 6.07 Å². The number of aliphatic carboxylic acids is 1. The van der Waals surface area contributed by atoms with E-state index in [1.165, 1.54) is 7.11 Å². The highest BCUT2D eigenvalue weighted by Crippen LogP contribution is 2.07. The highest BCUT2D eigenvalue weighted by Gasteiger charge is 2.20. The highest BCUT2D eigenvalue weighted by atomic mass is 16.5. The molecule has 0 aromatic heterocycles. The third-order valence-electron chi connectivity index (χ3n) is 2.40. The van der Waals surface area contributed by atoms with Gasteiger partial charge in [-0.3, -0.25) is 4.79 Å². The normalized spacial score (nSPS) is 11.4. The molecule has 0 aliphatic rings. The summed E-state index contributed by atoms with van der Waals surface area (Å²) in [6.07, 6.45) is 0.111. The lowest BCUT2D eigenvalue weighted by molar-refractivity contribution is -0.142. The van der Waals surface area contributed by atoms with Crippen molar-refractivity contribution < 1.29 is 19.4 Å². The number of nitrogens with one attached hydrogen (secondary N) is 1. The first-order valence-corrected chi connectivity index (χ1v) is 5.57. The molecule has 1 aromatic carbocycles. The minimum atomic E-state index is -1.13. The molecule has 0 spiro atoms. The second-order valence-electron chi connectivity index (χ2n) is 3.91. The van der Waals surface area contributed by atoms with Crippen molar-refractivity contribution in [3.8, 4) is 6.07 Å². The Kier molecular flexibility index (Phi) is 5.51. The average Bonchev–Trinajstić information content (AvgIpc) is 2.38. The summed E-state index contributed by atoms with van der Waals surface area (Å²) >= 11 is 0. The van der Waals surface area contributed by atoms with Crippen LogP contribution in [0.1, 0.15) is 11.1 Å². The Balaban J connectivity index is 2.75. The van der Waals surface area contributed by atoms with Crippen LogP contribution in [0.2, 0.25) is 0 Å². The molecule has 0 aliphatic carbocycles. The molecule has 2 N–H and O–H groups in total. The van der Waals surface area contributed by atoms with Crippen molar-refractivity contribution >= 4 is 11.9 Å². The van der Waals surface area contributed by atoms with Crippen molar-refractivity contribution in [1.29, 1.82) is 5.26 Å². The molecule has 1 aromatic rings.